The summed E-state index contributed by atoms with van der Waals surface area (Å²) in [5.74, 6) is 0.443. The molecule has 4 rings (SSSR count). The third-order valence-electron chi connectivity index (χ3n) is 5.81. The van der Waals surface area contributed by atoms with Gasteiger partial charge in [-0.05, 0) is 51.0 Å². The number of hydrogen-bond donors (Lipinski definition) is 1. The number of piperidine rings is 1. The van der Waals surface area contributed by atoms with Crippen molar-refractivity contribution in [2.75, 3.05) is 25.1 Å². The van der Waals surface area contributed by atoms with Crippen LogP contribution in [-0.2, 0) is 27.2 Å². The molecule has 0 unspecified atom stereocenters. The van der Waals surface area contributed by atoms with Crippen LogP contribution in [0, 0.1) is 5.92 Å². The maximum absolute atomic E-state index is 12.5. The monoisotopic (exact) mass is 402 g/mol. The molecule has 0 bridgehead atoms. The standard InChI is InChI=1S/C20H26N4O3S/c1-12(20(26)27-2)23-18(25)13-7-9-24(10-8-13)17-16-14-5-3-4-6-15(14)28-19(16)22-11-21-17/h11-13H,3-10H2,1-2H3,(H,23,25)/t12-/m1/s1. The van der Waals surface area contributed by atoms with Gasteiger partial charge in [0, 0.05) is 23.9 Å². The maximum Gasteiger partial charge on any atom is 0.328 e. The van der Waals surface area contributed by atoms with E-state index in [4.69, 9.17) is 0 Å². The Morgan fingerprint density at radius 3 is 2.75 bits per heavy atom. The fraction of sp³-hybridized carbons (Fsp3) is 0.600. The van der Waals surface area contributed by atoms with Crippen LogP contribution in [0.15, 0.2) is 6.33 Å². The van der Waals surface area contributed by atoms with Gasteiger partial charge in [-0.1, -0.05) is 0 Å². The predicted octanol–water partition coefficient (Wildman–Crippen LogP) is 2.46. The number of thiophene rings is 1. The topological polar surface area (TPSA) is 84.4 Å². The van der Waals surface area contributed by atoms with Crippen molar-refractivity contribution in [1.82, 2.24) is 15.3 Å². The summed E-state index contributed by atoms with van der Waals surface area (Å²) in [6.45, 7) is 3.21. The number of hydrogen-bond acceptors (Lipinski definition) is 7. The molecule has 150 valence electrons. The number of nitrogens with zero attached hydrogens (tertiary/aromatic N) is 3. The van der Waals surface area contributed by atoms with Crippen LogP contribution < -0.4 is 10.2 Å². The van der Waals surface area contributed by atoms with Crippen LogP contribution in [0.1, 0.15) is 43.0 Å². The number of ether oxygens (including phenoxy) is 1. The molecule has 0 spiro atoms. The summed E-state index contributed by atoms with van der Waals surface area (Å²) in [6, 6.07) is -0.616. The highest BCUT2D eigenvalue weighted by Gasteiger charge is 2.29. The number of anilines is 1. The second-order valence-corrected chi connectivity index (χ2v) is 8.69. The van der Waals surface area contributed by atoms with Crippen molar-refractivity contribution < 1.29 is 14.3 Å². The molecule has 2 aromatic heterocycles. The number of amides is 1. The van der Waals surface area contributed by atoms with E-state index in [1.54, 1.807) is 13.3 Å². The van der Waals surface area contributed by atoms with Crippen LogP contribution >= 0.6 is 11.3 Å². The lowest BCUT2D eigenvalue weighted by Crippen LogP contribution is -2.46. The second-order valence-electron chi connectivity index (χ2n) is 7.60. The molecular weight excluding hydrogens is 376 g/mol. The molecule has 1 N–H and O–H groups in total. The summed E-state index contributed by atoms with van der Waals surface area (Å²) in [5.41, 5.74) is 1.44. The first-order chi connectivity index (χ1) is 13.6. The van der Waals surface area contributed by atoms with Crippen molar-refractivity contribution >= 4 is 39.2 Å². The van der Waals surface area contributed by atoms with Gasteiger partial charge < -0.3 is 15.0 Å². The molecule has 0 saturated carbocycles. The first-order valence-corrected chi connectivity index (χ1v) is 10.8. The first kappa shape index (κ1) is 19.1. The number of methoxy groups -OCH3 is 1. The van der Waals surface area contributed by atoms with Gasteiger partial charge in [0.25, 0.3) is 0 Å². The van der Waals surface area contributed by atoms with Crippen LogP contribution in [0.4, 0.5) is 5.82 Å². The summed E-state index contributed by atoms with van der Waals surface area (Å²) in [6.07, 6.45) is 7.91. The third kappa shape index (κ3) is 3.57. The van der Waals surface area contributed by atoms with Gasteiger partial charge in [0.15, 0.2) is 0 Å². The van der Waals surface area contributed by atoms with Gasteiger partial charge in [0.05, 0.1) is 12.5 Å². The molecule has 0 radical (unpaired) electrons. The van der Waals surface area contributed by atoms with Crippen molar-refractivity contribution in [1.29, 1.82) is 0 Å². The third-order valence-corrected chi connectivity index (χ3v) is 7.01. The first-order valence-electron chi connectivity index (χ1n) is 9.97. The molecule has 1 aliphatic heterocycles. The number of rotatable bonds is 4. The fourth-order valence-corrected chi connectivity index (χ4v) is 5.46. The summed E-state index contributed by atoms with van der Waals surface area (Å²) < 4.78 is 4.68. The molecule has 1 aliphatic carbocycles. The molecule has 0 aromatic carbocycles. The highest BCUT2D eigenvalue weighted by atomic mass is 32.1. The van der Waals surface area contributed by atoms with Gasteiger partial charge in [0.1, 0.15) is 23.0 Å². The Bertz CT molecular complexity index is 889. The van der Waals surface area contributed by atoms with Gasteiger partial charge in [-0.15, -0.1) is 11.3 Å². The molecule has 3 heterocycles. The lowest BCUT2D eigenvalue weighted by atomic mass is 9.94. The molecule has 8 heteroatoms. The summed E-state index contributed by atoms with van der Waals surface area (Å²) in [4.78, 5) is 38.0. The molecule has 2 aliphatic rings. The molecule has 7 nitrogen and oxygen atoms in total. The van der Waals surface area contributed by atoms with Crippen molar-refractivity contribution in [2.24, 2.45) is 5.92 Å². The fourth-order valence-electron chi connectivity index (χ4n) is 4.23. The predicted molar refractivity (Wildman–Crippen MR) is 109 cm³/mol. The minimum Gasteiger partial charge on any atom is -0.467 e. The van der Waals surface area contributed by atoms with Gasteiger partial charge in [-0.2, -0.15) is 0 Å². The molecule has 1 saturated heterocycles. The van der Waals surface area contributed by atoms with Gasteiger partial charge in [-0.3, -0.25) is 4.79 Å². The van der Waals surface area contributed by atoms with Crippen LogP contribution in [0.2, 0.25) is 0 Å². The van der Waals surface area contributed by atoms with Crippen molar-refractivity contribution in [3.05, 3.63) is 16.8 Å². The van der Waals surface area contributed by atoms with Gasteiger partial charge in [-0.25, -0.2) is 14.8 Å². The summed E-state index contributed by atoms with van der Waals surface area (Å²) >= 11 is 1.81. The van der Waals surface area contributed by atoms with Crippen LogP contribution in [0.3, 0.4) is 0 Å². The van der Waals surface area contributed by atoms with E-state index in [9.17, 15) is 9.59 Å². The number of aromatic nitrogens is 2. The molecule has 1 fully saturated rings. The van der Waals surface area contributed by atoms with Gasteiger partial charge in [0.2, 0.25) is 5.91 Å². The highest BCUT2D eigenvalue weighted by molar-refractivity contribution is 7.19. The lowest BCUT2D eigenvalue weighted by molar-refractivity contribution is -0.145. The smallest absolute Gasteiger partial charge is 0.328 e. The van der Waals surface area contributed by atoms with E-state index in [1.165, 1.54) is 35.8 Å². The zero-order chi connectivity index (χ0) is 19.7. The minimum absolute atomic E-state index is 0.0710. The van der Waals surface area contributed by atoms with E-state index in [1.807, 2.05) is 11.3 Å². The normalized spacial score (nSPS) is 18.6. The van der Waals surface area contributed by atoms with Crippen molar-refractivity contribution in [3.63, 3.8) is 0 Å². The van der Waals surface area contributed by atoms with Crippen LogP contribution in [-0.4, -0.2) is 48.1 Å². The Labute approximate surface area is 168 Å². The average Bonchev–Trinajstić information content (AvgIpc) is 3.12. The number of fused-ring (bicyclic) bond motifs is 3. The lowest BCUT2D eigenvalue weighted by Gasteiger charge is -2.33. The number of aryl methyl sites for hydroxylation is 2. The number of esters is 1. The Balaban J connectivity index is 1.46. The largest absolute Gasteiger partial charge is 0.467 e. The van der Waals surface area contributed by atoms with E-state index in [2.05, 4.69) is 24.9 Å². The van der Waals surface area contributed by atoms with Crippen molar-refractivity contribution in [2.45, 2.75) is 51.5 Å². The zero-order valence-electron chi connectivity index (χ0n) is 16.4. The maximum atomic E-state index is 12.5. The van der Waals surface area contributed by atoms with Gasteiger partial charge >= 0.3 is 5.97 Å². The SMILES string of the molecule is COC(=O)[C@@H](C)NC(=O)C1CCN(c2ncnc3sc4c(c23)CCCC4)CC1. The van der Waals surface area contributed by atoms with E-state index in [-0.39, 0.29) is 11.8 Å². The van der Waals surface area contributed by atoms with Crippen LogP contribution in [0.25, 0.3) is 10.2 Å². The molecule has 2 aromatic rings. The van der Waals surface area contributed by atoms with E-state index in [0.29, 0.717) is 0 Å². The Morgan fingerprint density at radius 2 is 2.00 bits per heavy atom. The summed E-state index contributed by atoms with van der Waals surface area (Å²) in [5, 5.41) is 3.99. The van der Waals surface area contributed by atoms with E-state index >= 15 is 0 Å². The molecule has 28 heavy (non-hydrogen) atoms. The highest BCUT2D eigenvalue weighted by Crippen LogP contribution is 2.40. The summed E-state index contributed by atoms with van der Waals surface area (Å²) in [7, 11) is 1.33. The zero-order valence-corrected chi connectivity index (χ0v) is 17.2. The number of carbonyl (C=O) groups excluding carboxylic acids is 2. The number of carbonyl (C=O) groups is 2. The van der Waals surface area contributed by atoms with Crippen molar-refractivity contribution in [3.8, 4) is 0 Å². The Morgan fingerprint density at radius 1 is 1.25 bits per heavy atom. The minimum atomic E-state index is -0.616. The van der Waals surface area contributed by atoms with E-state index in [0.717, 1.165) is 49.4 Å². The Hall–Kier alpha value is -2.22. The number of nitrogens with one attached hydrogen (secondary N) is 1. The molecule has 1 atom stereocenters. The quantitative estimate of drug-likeness (QED) is 0.791. The van der Waals surface area contributed by atoms with E-state index < -0.39 is 12.0 Å². The molecule has 1 amide bonds. The average molecular weight is 403 g/mol. The molecular formula is C20H26N4O3S. The Kier molecular flexibility index (Phi) is 5.48. The van der Waals surface area contributed by atoms with Crippen LogP contribution in [0.5, 0.6) is 0 Å². The second kappa shape index (κ2) is 8.03.